The molecule has 0 radical (unpaired) electrons. The average molecular weight is 329 g/mol. The molecule has 1 amide bonds. The molecular formula is C23H23NO. The van der Waals surface area contributed by atoms with Crippen molar-refractivity contribution >= 4 is 5.91 Å². The van der Waals surface area contributed by atoms with Crippen LogP contribution in [0.1, 0.15) is 40.0 Å². The van der Waals surface area contributed by atoms with Crippen molar-refractivity contribution in [1.82, 2.24) is 4.90 Å². The first-order valence-corrected chi connectivity index (χ1v) is 8.61. The average Bonchev–Trinajstić information content (AvgIpc) is 2.67. The smallest absolute Gasteiger partial charge is 0.254 e. The Morgan fingerprint density at radius 1 is 0.840 bits per heavy atom. The van der Waals surface area contributed by atoms with Gasteiger partial charge in [-0.3, -0.25) is 4.79 Å². The lowest BCUT2D eigenvalue weighted by Crippen LogP contribution is -2.33. The summed E-state index contributed by atoms with van der Waals surface area (Å²) in [5, 5.41) is 0. The highest BCUT2D eigenvalue weighted by molar-refractivity contribution is 5.94. The standard InChI is InChI=1S/C23H23NO/c1-18-13-15-21(16-14-18)19(2)24(17-20-9-5-3-6-10-20)23(25)22-11-7-4-8-12-22/h3-16,19H,17H2,1-2H3/t19-/m0/s1. The van der Waals surface area contributed by atoms with Crippen LogP contribution in [0.15, 0.2) is 84.9 Å². The normalized spacial score (nSPS) is 11.8. The van der Waals surface area contributed by atoms with Crippen LogP contribution in [0.5, 0.6) is 0 Å². The molecule has 0 aromatic heterocycles. The maximum Gasteiger partial charge on any atom is 0.254 e. The molecule has 0 unspecified atom stereocenters. The molecule has 0 bridgehead atoms. The molecule has 3 aromatic rings. The molecular weight excluding hydrogens is 306 g/mol. The number of hydrogen-bond donors (Lipinski definition) is 0. The van der Waals surface area contributed by atoms with Crippen LogP contribution >= 0.6 is 0 Å². The molecule has 3 aromatic carbocycles. The first-order chi connectivity index (χ1) is 12.1. The predicted octanol–water partition coefficient (Wildman–Crippen LogP) is 5.40. The van der Waals surface area contributed by atoms with Crippen molar-refractivity contribution < 1.29 is 4.79 Å². The van der Waals surface area contributed by atoms with E-state index in [4.69, 9.17) is 0 Å². The van der Waals surface area contributed by atoms with Gasteiger partial charge in [-0.2, -0.15) is 0 Å². The van der Waals surface area contributed by atoms with E-state index in [1.807, 2.05) is 53.4 Å². The second-order valence-electron chi connectivity index (χ2n) is 6.37. The van der Waals surface area contributed by atoms with Gasteiger partial charge in [0.1, 0.15) is 0 Å². The predicted molar refractivity (Wildman–Crippen MR) is 102 cm³/mol. The van der Waals surface area contributed by atoms with Crippen molar-refractivity contribution in [2.75, 3.05) is 0 Å². The first kappa shape index (κ1) is 17.0. The maximum absolute atomic E-state index is 13.2. The zero-order valence-electron chi connectivity index (χ0n) is 14.7. The van der Waals surface area contributed by atoms with Gasteiger partial charge >= 0.3 is 0 Å². The fourth-order valence-electron chi connectivity index (χ4n) is 2.94. The largest absolute Gasteiger partial charge is 0.328 e. The van der Waals surface area contributed by atoms with Crippen LogP contribution in [-0.4, -0.2) is 10.8 Å². The van der Waals surface area contributed by atoms with Crippen LogP contribution < -0.4 is 0 Å². The van der Waals surface area contributed by atoms with Crippen LogP contribution in [-0.2, 0) is 6.54 Å². The maximum atomic E-state index is 13.2. The van der Waals surface area contributed by atoms with Crippen LogP contribution in [0.4, 0.5) is 0 Å². The molecule has 3 rings (SSSR count). The van der Waals surface area contributed by atoms with Gasteiger partial charge in [0, 0.05) is 12.1 Å². The van der Waals surface area contributed by atoms with Crippen molar-refractivity contribution in [3.05, 3.63) is 107 Å². The Balaban J connectivity index is 1.93. The molecule has 0 heterocycles. The highest BCUT2D eigenvalue weighted by atomic mass is 16.2. The molecule has 2 nitrogen and oxygen atoms in total. The fraction of sp³-hybridized carbons (Fsp3) is 0.174. The quantitative estimate of drug-likeness (QED) is 0.614. The van der Waals surface area contributed by atoms with Gasteiger partial charge in [0.2, 0.25) is 0 Å². The van der Waals surface area contributed by atoms with Gasteiger partial charge in [-0.15, -0.1) is 0 Å². The number of benzene rings is 3. The summed E-state index contributed by atoms with van der Waals surface area (Å²) < 4.78 is 0. The van der Waals surface area contributed by atoms with Gasteiger partial charge in [0.05, 0.1) is 6.04 Å². The monoisotopic (exact) mass is 329 g/mol. The van der Waals surface area contributed by atoms with Gasteiger partial charge < -0.3 is 4.90 Å². The highest BCUT2D eigenvalue weighted by Crippen LogP contribution is 2.25. The molecule has 0 aliphatic heterocycles. The molecule has 1 atom stereocenters. The molecule has 126 valence electrons. The van der Waals surface area contributed by atoms with E-state index in [2.05, 4.69) is 50.2 Å². The number of rotatable bonds is 5. The number of carbonyl (C=O) groups excluding carboxylic acids is 1. The number of hydrogen-bond acceptors (Lipinski definition) is 1. The summed E-state index contributed by atoms with van der Waals surface area (Å²) in [7, 11) is 0. The molecule has 2 heteroatoms. The second-order valence-corrected chi connectivity index (χ2v) is 6.37. The summed E-state index contributed by atoms with van der Waals surface area (Å²) in [5.41, 5.74) is 4.22. The molecule has 0 saturated heterocycles. The third-order valence-electron chi connectivity index (χ3n) is 4.50. The van der Waals surface area contributed by atoms with E-state index in [1.54, 1.807) is 0 Å². The van der Waals surface area contributed by atoms with E-state index in [-0.39, 0.29) is 11.9 Å². The van der Waals surface area contributed by atoms with E-state index in [0.29, 0.717) is 6.54 Å². The first-order valence-electron chi connectivity index (χ1n) is 8.61. The minimum Gasteiger partial charge on any atom is -0.328 e. The Kier molecular flexibility index (Phi) is 5.30. The lowest BCUT2D eigenvalue weighted by molar-refractivity contribution is 0.0674. The molecule has 0 fully saturated rings. The van der Waals surface area contributed by atoms with E-state index in [9.17, 15) is 4.79 Å². The van der Waals surface area contributed by atoms with Crippen molar-refractivity contribution in [3.63, 3.8) is 0 Å². The Bertz CT molecular complexity index is 810. The third-order valence-corrected chi connectivity index (χ3v) is 4.50. The zero-order chi connectivity index (χ0) is 17.6. The second kappa shape index (κ2) is 7.80. The summed E-state index contributed by atoms with van der Waals surface area (Å²) in [6.45, 7) is 4.75. The van der Waals surface area contributed by atoms with Gasteiger partial charge in [0.25, 0.3) is 5.91 Å². The summed E-state index contributed by atoms with van der Waals surface area (Å²) in [4.78, 5) is 15.1. The Morgan fingerprint density at radius 2 is 1.40 bits per heavy atom. The van der Waals surface area contributed by atoms with Crippen molar-refractivity contribution in [2.45, 2.75) is 26.4 Å². The lowest BCUT2D eigenvalue weighted by Gasteiger charge is -2.30. The molecule has 0 aliphatic carbocycles. The summed E-state index contributed by atoms with van der Waals surface area (Å²) >= 11 is 0. The van der Waals surface area contributed by atoms with Gasteiger partial charge in [-0.05, 0) is 37.1 Å². The summed E-state index contributed by atoms with van der Waals surface area (Å²) in [6, 6.07) is 28.0. The van der Waals surface area contributed by atoms with Crippen LogP contribution in [0.25, 0.3) is 0 Å². The van der Waals surface area contributed by atoms with Crippen LogP contribution in [0, 0.1) is 6.92 Å². The third kappa shape index (κ3) is 4.16. The molecule has 0 saturated carbocycles. The Hall–Kier alpha value is -2.87. The van der Waals surface area contributed by atoms with E-state index < -0.39 is 0 Å². The SMILES string of the molecule is Cc1ccc([C@H](C)N(Cc2ccccc2)C(=O)c2ccccc2)cc1. The van der Waals surface area contributed by atoms with Gasteiger partial charge in [0.15, 0.2) is 0 Å². The Morgan fingerprint density at radius 3 is 2.00 bits per heavy atom. The zero-order valence-corrected chi connectivity index (χ0v) is 14.7. The van der Waals surface area contributed by atoms with E-state index in [1.165, 1.54) is 5.56 Å². The lowest BCUT2D eigenvalue weighted by atomic mass is 10.0. The van der Waals surface area contributed by atoms with Crippen molar-refractivity contribution in [2.24, 2.45) is 0 Å². The number of carbonyl (C=O) groups is 1. The molecule has 0 spiro atoms. The minimum absolute atomic E-state index is 0.00601. The van der Waals surface area contributed by atoms with Crippen molar-refractivity contribution in [3.8, 4) is 0 Å². The van der Waals surface area contributed by atoms with Gasteiger partial charge in [-0.1, -0.05) is 78.4 Å². The summed E-state index contributed by atoms with van der Waals surface area (Å²) in [5.74, 6) is 0.0533. The van der Waals surface area contributed by atoms with E-state index >= 15 is 0 Å². The van der Waals surface area contributed by atoms with Crippen LogP contribution in [0.3, 0.4) is 0 Å². The summed E-state index contributed by atoms with van der Waals surface area (Å²) in [6.07, 6.45) is 0. The Labute approximate surface area is 149 Å². The highest BCUT2D eigenvalue weighted by Gasteiger charge is 2.22. The molecule has 0 N–H and O–H groups in total. The van der Waals surface area contributed by atoms with Crippen LogP contribution in [0.2, 0.25) is 0 Å². The molecule has 0 aliphatic rings. The number of amides is 1. The van der Waals surface area contributed by atoms with Crippen molar-refractivity contribution in [1.29, 1.82) is 0 Å². The number of nitrogens with zero attached hydrogens (tertiary/aromatic N) is 1. The topological polar surface area (TPSA) is 20.3 Å². The fourth-order valence-corrected chi connectivity index (χ4v) is 2.94. The molecule has 25 heavy (non-hydrogen) atoms. The number of aryl methyl sites for hydroxylation is 1. The van der Waals surface area contributed by atoms with Gasteiger partial charge in [-0.25, -0.2) is 0 Å². The van der Waals surface area contributed by atoms with E-state index in [0.717, 1.165) is 16.7 Å². The minimum atomic E-state index is -0.00601.